The average Bonchev–Trinajstić information content (AvgIpc) is 2.70. The zero-order valence-electron chi connectivity index (χ0n) is 21.5. The van der Waals surface area contributed by atoms with Crippen molar-refractivity contribution in [3.63, 3.8) is 0 Å². The van der Waals surface area contributed by atoms with E-state index >= 15 is 0 Å². The molecule has 0 saturated carbocycles. The summed E-state index contributed by atoms with van der Waals surface area (Å²) in [5, 5.41) is 25.8. The molecule has 1 fully saturated rings. The molecule has 1 heterocycles. The molecule has 1 aliphatic heterocycles. The normalized spacial score (nSPS) is 24.8. The molecule has 1 aliphatic rings. The van der Waals surface area contributed by atoms with E-state index in [1.165, 1.54) is 0 Å². The summed E-state index contributed by atoms with van der Waals surface area (Å²) in [4.78, 5) is 51.1. The standard InChI is InChI=1S/C24H42N2O7S2/c1-23(2,3)12-15-16(21(29)30)13(19(27)25-7-9-34)11-14(33-15)17(22(31)32)18(24(4,5)6)20(28)26-8-10-35/h13-18,34-35H,7-12H2,1-6H3,(H,25,27)(H,26,28)(H,29,30)(H,31,32). The van der Waals surface area contributed by atoms with Crippen LogP contribution in [0.5, 0.6) is 0 Å². The van der Waals surface area contributed by atoms with Crippen LogP contribution in [0.1, 0.15) is 54.4 Å². The van der Waals surface area contributed by atoms with Gasteiger partial charge in [-0.1, -0.05) is 41.5 Å². The van der Waals surface area contributed by atoms with Crippen LogP contribution in [-0.4, -0.2) is 70.8 Å². The van der Waals surface area contributed by atoms with Crippen LogP contribution in [0.15, 0.2) is 0 Å². The summed E-state index contributed by atoms with van der Waals surface area (Å²) in [5.74, 6) is -6.98. The lowest BCUT2D eigenvalue weighted by molar-refractivity contribution is -0.191. The number of amides is 2. The fourth-order valence-corrected chi connectivity index (χ4v) is 5.07. The summed E-state index contributed by atoms with van der Waals surface area (Å²) in [7, 11) is 0. The molecule has 6 atom stereocenters. The van der Waals surface area contributed by atoms with Gasteiger partial charge in [0.05, 0.1) is 35.9 Å². The summed E-state index contributed by atoms with van der Waals surface area (Å²) < 4.78 is 6.22. The van der Waals surface area contributed by atoms with E-state index < -0.39 is 65.0 Å². The van der Waals surface area contributed by atoms with E-state index in [9.17, 15) is 29.4 Å². The summed E-state index contributed by atoms with van der Waals surface area (Å²) in [6.07, 6.45) is -1.76. The molecule has 0 bridgehead atoms. The predicted octanol–water partition coefficient (Wildman–Crippen LogP) is 2.35. The third kappa shape index (κ3) is 9.17. The van der Waals surface area contributed by atoms with Gasteiger partial charge in [0.25, 0.3) is 0 Å². The molecule has 11 heteroatoms. The van der Waals surface area contributed by atoms with Gasteiger partial charge in [-0.15, -0.1) is 0 Å². The number of nitrogens with one attached hydrogen (secondary N) is 2. The molecule has 0 aliphatic carbocycles. The Labute approximate surface area is 219 Å². The monoisotopic (exact) mass is 534 g/mol. The maximum Gasteiger partial charge on any atom is 0.309 e. The minimum absolute atomic E-state index is 0.126. The fourth-order valence-electron chi connectivity index (χ4n) is 4.84. The van der Waals surface area contributed by atoms with Crippen LogP contribution in [0.25, 0.3) is 0 Å². The van der Waals surface area contributed by atoms with E-state index in [1.54, 1.807) is 20.8 Å². The van der Waals surface area contributed by atoms with Gasteiger partial charge in [0.15, 0.2) is 0 Å². The second kappa shape index (κ2) is 13.2. The number of carboxylic acids is 2. The molecule has 0 aromatic carbocycles. The van der Waals surface area contributed by atoms with Crippen LogP contribution in [0.3, 0.4) is 0 Å². The van der Waals surface area contributed by atoms with Gasteiger partial charge in [0, 0.05) is 24.6 Å². The smallest absolute Gasteiger partial charge is 0.309 e. The van der Waals surface area contributed by atoms with Gasteiger partial charge >= 0.3 is 11.9 Å². The molecule has 6 unspecified atom stereocenters. The Bertz CT molecular complexity index is 764. The van der Waals surface area contributed by atoms with E-state index in [1.807, 2.05) is 20.8 Å². The number of carbonyl (C=O) groups excluding carboxylic acids is 2. The Balaban J connectivity index is 3.56. The van der Waals surface area contributed by atoms with Crippen molar-refractivity contribution in [3.8, 4) is 0 Å². The molecule has 1 rings (SSSR count). The van der Waals surface area contributed by atoms with Crippen molar-refractivity contribution in [2.75, 3.05) is 24.6 Å². The number of carboxylic acid groups (broad SMARTS) is 2. The van der Waals surface area contributed by atoms with Crippen molar-refractivity contribution < 1.29 is 34.1 Å². The molecular weight excluding hydrogens is 492 g/mol. The van der Waals surface area contributed by atoms with E-state index in [0.717, 1.165) is 0 Å². The zero-order valence-corrected chi connectivity index (χ0v) is 23.3. The van der Waals surface area contributed by atoms with E-state index in [-0.39, 0.29) is 24.9 Å². The first kappa shape index (κ1) is 31.6. The Morgan fingerprint density at radius 3 is 1.94 bits per heavy atom. The van der Waals surface area contributed by atoms with E-state index in [4.69, 9.17) is 4.74 Å². The van der Waals surface area contributed by atoms with Gasteiger partial charge in [-0.3, -0.25) is 19.2 Å². The highest BCUT2D eigenvalue weighted by atomic mass is 32.1. The van der Waals surface area contributed by atoms with Gasteiger partial charge in [-0.05, 0) is 23.7 Å². The van der Waals surface area contributed by atoms with Crippen LogP contribution < -0.4 is 10.6 Å². The lowest BCUT2D eigenvalue weighted by atomic mass is 9.67. The van der Waals surface area contributed by atoms with Crippen LogP contribution in [0, 0.1) is 34.5 Å². The third-order valence-corrected chi connectivity index (χ3v) is 6.63. The van der Waals surface area contributed by atoms with Crippen molar-refractivity contribution in [2.24, 2.45) is 34.5 Å². The summed E-state index contributed by atoms with van der Waals surface area (Å²) in [6.45, 7) is 11.6. The average molecular weight is 535 g/mol. The molecule has 1 saturated heterocycles. The second-order valence-corrected chi connectivity index (χ2v) is 12.3. The van der Waals surface area contributed by atoms with Gasteiger partial charge in [0.2, 0.25) is 11.8 Å². The fraction of sp³-hybridized carbons (Fsp3) is 0.833. The Kier molecular flexibility index (Phi) is 11.9. The number of thiol groups is 2. The van der Waals surface area contributed by atoms with Crippen LogP contribution >= 0.6 is 25.3 Å². The quantitative estimate of drug-likeness (QED) is 0.223. The van der Waals surface area contributed by atoms with E-state index in [2.05, 4.69) is 35.9 Å². The second-order valence-electron chi connectivity index (χ2n) is 11.4. The topological polar surface area (TPSA) is 142 Å². The molecule has 4 N–H and O–H groups in total. The minimum Gasteiger partial charge on any atom is -0.481 e. The lowest BCUT2D eigenvalue weighted by Gasteiger charge is -2.45. The highest BCUT2D eigenvalue weighted by molar-refractivity contribution is 7.80. The first-order valence-corrected chi connectivity index (χ1v) is 13.2. The Morgan fingerprint density at radius 2 is 1.51 bits per heavy atom. The molecule has 35 heavy (non-hydrogen) atoms. The number of carbonyl (C=O) groups is 4. The number of ether oxygens (including phenoxy) is 1. The molecular formula is C24H42N2O7S2. The molecule has 2 amide bonds. The van der Waals surface area contributed by atoms with Crippen LogP contribution in [-0.2, 0) is 23.9 Å². The molecule has 0 spiro atoms. The molecule has 0 aromatic rings. The van der Waals surface area contributed by atoms with Gasteiger partial charge in [-0.25, -0.2) is 0 Å². The van der Waals surface area contributed by atoms with Crippen molar-refractivity contribution in [3.05, 3.63) is 0 Å². The third-order valence-electron chi connectivity index (χ3n) is 6.19. The van der Waals surface area contributed by atoms with Crippen molar-refractivity contribution in [1.82, 2.24) is 10.6 Å². The number of hydrogen-bond donors (Lipinski definition) is 6. The minimum atomic E-state index is -1.28. The van der Waals surface area contributed by atoms with Crippen molar-refractivity contribution >= 4 is 49.0 Å². The van der Waals surface area contributed by atoms with Crippen molar-refractivity contribution in [1.29, 1.82) is 0 Å². The van der Waals surface area contributed by atoms with Gasteiger partial charge in [0.1, 0.15) is 0 Å². The van der Waals surface area contributed by atoms with Gasteiger partial charge < -0.3 is 25.6 Å². The first-order chi connectivity index (χ1) is 16.0. The highest BCUT2D eigenvalue weighted by Crippen LogP contribution is 2.43. The molecule has 0 radical (unpaired) electrons. The SMILES string of the molecule is CC(C)(C)CC1OC(C(C(=O)O)C(C(=O)NCCS)C(C)(C)C)CC(C(=O)NCCS)C1C(=O)O. The highest BCUT2D eigenvalue weighted by Gasteiger charge is 2.53. The first-order valence-electron chi connectivity index (χ1n) is 11.9. The summed E-state index contributed by atoms with van der Waals surface area (Å²) >= 11 is 8.21. The Morgan fingerprint density at radius 1 is 0.971 bits per heavy atom. The molecule has 202 valence electrons. The van der Waals surface area contributed by atoms with Gasteiger partial charge in [-0.2, -0.15) is 25.3 Å². The maximum atomic E-state index is 13.1. The lowest BCUT2D eigenvalue weighted by Crippen LogP contribution is -2.57. The van der Waals surface area contributed by atoms with Crippen LogP contribution in [0.4, 0.5) is 0 Å². The Hall–Kier alpha value is -1.46. The zero-order chi connectivity index (χ0) is 27.1. The van der Waals surface area contributed by atoms with Crippen molar-refractivity contribution in [2.45, 2.75) is 66.6 Å². The summed E-state index contributed by atoms with van der Waals surface area (Å²) in [6, 6.07) is 0. The summed E-state index contributed by atoms with van der Waals surface area (Å²) in [5.41, 5.74) is -1.10. The number of rotatable bonds is 11. The maximum absolute atomic E-state index is 13.1. The van der Waals surface area contributed by atoms with Crippen LogP contribution in [0.2, 0.25) is 0 Å². The largest absolute Gasteiger partial charge is 0.481 e. The number of hydrogen-bond acceptors (Lipinski definition) is 7. The predicted molar refractivity (Wildman–Crippen MR) is 140 cm³/mol. The molecule has 9 nitrogen and oxygen atoms in total. The number of aliphatic carboxylic acids is 2. The molecule has 0 aromatic heterocycles. The van der Waals surface area contributed by atoms with E-state index in [0.29, 0.717) is 17.9 Å².